The molecule has 3 rings (SSSR count). The molecule has 0 radical (unpaired) electrons. The number of phenolic OH excluding ortho intramolecular Hbond substituents is 1. The molecule has 0 aliphatic heterocycles. The first-order chi connectivity index (χ1) is 11.1. The van der Waals surface area contributed by atoms with Crippen molar-refractivity contribution < 1.29 is 15.0 Å². The van der Waals surface area contributed by atoms with Gasteiger partial charge in [0.15, 0.2) is 0 Å². The van der Waals surface area contributed by atoms with Crippen molar-refractivity contribution in [2.24, 2.45) is 0 Å². The summed E-state index contributed by atoms with van der Waals surface area (Å²) in [6, 6.07) is 15.4. The number of carbonyl (C=O) groups is 1. The molecule has 4 nitrogen and oxygen atoms in total. The van der Waals surface area contributed by atoms with Crippen molar-refractivity contribution in [1.29, 1.82) is 0 Å². The van der Waals surface area contributed by atoms with E-state index in [0.717, 1.165) is 35.1 Å². The Morgan fingerprint density at radius 3 is 2.57 bits per heavy atom. The summed E-state index contributed by atoms with van der Waals surface area (Å²) in [5, 5.41) is 19.7. The first-order valence-electron chi connectivity index (χ1n) is 7.62. The molecule has 2 aromatic carbocycles. The number of carboxylic acid groups (broad SMARTS) is 1. The zero-order valence-corrected chi connectivity index (χ0v) is 13.0. The summed E-state index contributed by atoms with van der Waals surface area (Å²) in [6.45, 7) is 2.72. The molecule has 0 saturated heterocycles. The highest BCUT2D eigenvalue weighted by Crippen LogP contribution is 2.29. The number of phenols is 1. The zero-order chi connectivity index (χ0) is 16.4. The molecule has 2 N–H and O–H groups in total. The molecule has 0 amide bonds. The number of carboxylic acids is 1. The van der Waals surface area contributed by atoms with E-state index in [1.807, 2.05) is 31.2 Å². The Balaban J connectivity index is 2.02. The average Bonchev–Trinajstić information content (AvgIpc) is 2.78. The summed E-state index contributed by atoms with van der Waals surface area (Å²) in [6.07, 6.45) is 0.836. The molecule has 118 valence electrons. The van der Waals surface area contributed by atoms with E-state index < -0.39 is 5.97 Å². The van der Waals surface area contributed by atoms with E-state index >= 15 is 0 Å². The topological polar surface area (TPSA) is 62.5 Å². The van der Waals surface area contributed by atoms with Crippen molar-refractivity contribution in [3.05, 3.63) is 65.4 Å². The second-order valence-corrected chi connectivity index (χ2v) is 5.72. The van der Waals surface area contributed by atoms with Gasteiger partial charge in [0.05, 0.1) is 6.42 Å². The van der Waals surface area contributed by atoms with Gasteiger partial charge in [-0.3, -0.25) is 4.79 Å². The number of hydrogen-bond acceptors (Lipinski definition) is 2. The highest BCUT2D eigenvalue weighted by molar-refractivity contribution is 5.90. The van der Waals surface area contributed by atoms with Crippen molar-refractivity contribution in [1.82, 2.24) is 4.57 Å². The predicted molar refractivity (Wildman–Crippen MR) is 89.8 cm³/mol. The van der Waals surface area contributed by atoms with Crippen LogP contribution in [0.15, 0.2) is 48.5 Å². The summed E-state index contributed by atoms with van der Waals surface area (Å²) in [5.41, 5.74) is 3.93. The lowest BCUT2D eigenvalue weighted by molar-refractivity contribution is -0.136. The number of rotatable bonds is 5. The Labute approximate surface area is 134 Å². The van der Waals surface area contributed by atoms with Gasteiger partial charge < -0.3 is 14.8 Å². The molecule has 0 unspecified atom stereocenters. The molecule has 0 atom stereocenters. The zero-order valence-electron chi connectivity index (χ0n) is 13.0. The summed E-state index contributed by atoms with van der Waals surface area (Å²) < 4.78 is 2.14. The summed E-state index contributed by atoms with van der Waals surface area (Å²) in [4.78, 5) is 11.2. The fourth-order valence-electron chi connectivity index (χ4n) is 3.09. The number of hydrogen-bond donors (Lipinski definition) is 2. The van der Waals surface area contributed by atoms with Gasteiger partial charge in [0, 0.05) is 23.1 Å². The van der Waals surface area contributed by atoms with Crippen LogP contribution in [-0.2, 0) is 24.2 Å². The largest absolute Gasteiger partial charge is 0.508 e. The Hall–Kier alpha value is -2.75. The SMILES string of the molecule is Cc1c(CC(=O)O)c2cc(O)ccc2n1CCc1ccccc1. The molecule has 0 aliphatic carbocycles. The third-order valence-corrected chi connectivity index (χ3v) is 4.23. The van der Waals surface area contributed by atoms with Crippen molar-refractivity contribution in [3.63, 3.8) is 0 Å². The normalized spacial score (nSPS) is 11.0. The van der Waals surface area contributed by atoms with Crippen molar-refractivity contribution >= 4 is 16.9 Å². The van der Waals surface area contributed by atoms with E-state index in [4.69, 9.17) is 5.11 Å². The Morgan fingerprint density at radius 1 is 1.13 bits per heavy atom. The van der Waals surface area contributed by atoms with E-state index in [1.54, 1.807) is 12.1 Å². The highest BCUT2D eigenvalue weighted by atomic mass is 16.4. The molecule has 0 bridgehead atoms. The van der Waals surface area contributed by atoms with E-state index in [2.05, 4.69) is 16.7 Å². The number of aromatic nitrogens is 1. The molecule has 23 heavy (non-hydrogen) atoms. The van der Waals surface area contributed by atoms with Crippen LogP contribution in [0, 0.1) is 6.92 Å². The summed E-state index contributed by atoms with van der Waals surface area (Å²) in [7, 11) is 0. The van der Waals surface area contributed by atoms with Crippen molar-refractivity contribution in [2.75, 3.05) is 0 Å². The maximum atomic E-state index is 11.2. The van der Waals surface area contributed by atoms with Gasteiger partial charge in [-0.2, -0.15) is 0 Å². The number of benzene rings is 2. The second-order valence-electron chi connectivity index (χ2n) is 5.72. The van der Waals surface area contributed by atoms with Gasteiger partial charge in [-0.25, -0.2) is 0 Å². The van der Waals surface area contributed by atoms with E-state index in [-0.39, 0.29) is 12.2 Å². The lowest BCUT2D eigenvalue weighted by Gasteiger charge is -2.09. The molecule has 4 heteroatoms. The minimum Gasteiger partial charge on any atom is -0.508 e. The van der Waals surface area contributed by atoms with Gasteiger partial charge in [0.25, 0.3) is 0 Å². The molecular weight excluding hydrogens is 290 g/mol. The van der Waals surface area contributed by atoms with Crippen LogP contribution < -0.4 is 0 Å². The van der Waals surface area contributed by atoms with Gasteiger partial charge in [-0.1, -0.05) is 30.3 Å². The maximum Gasteiger partial charge on any atom is 0.307 e. The van der Waals surface area contributed by atoms with Gasteiger partial charge in [0.1, 0.15) is 5.75 Å². The molecule has 0 aliphatic rings. The fraction of sp³-hybridized carbons (Fsp3) is 0.211. The maximum absolute atomic E-state index is 11.2. The van der Waals surface area contributed by atoms with Crippen LogP contribution in [0.5, 0.6) is 5.75 Å². The Morgan fingerprint density at radius 2 is 1.87 bits per heavy atom. The number of aryl methyl sites for hydroxylation is 2. The molecular formula is C19H19NO3. The summed E-state index contributed by atoms with van der Waals surface area (Å²) >= 11 is 0. The first-order valence-corrected chi connectivity index (χ1v) is 7.62. The Kier molecular flexibility index (Phi) is 4.06. The number of aliphatic carboxylic acids is 1. The molecule has 3 aromatic rings. The third-order valence-electron chi connectivity index (χ3n) is 4.23. The van der Waals surface area contributed by atoms with Crippen LogP contribution >= 0.6 is 0 Å². The third kappa shape index (κ3) is 3.06. The van der Waals surface area contributed by atoms with Gasteiger partial charge in [0.2, 0.25) is 0 Å². The van der Waals surface area contributed by atoms with Crippen molar-refractivity contribution in [3.8, 4) is 5.75 Å². The van der Waals surface area contributed by atoms with Gasteiger partial charge in [-0.15, -0.1) is 0 Å². The Bertz CT molecular complexity index is 850. The van der Waals surface area contributed by atoms with Crippen LogP contribution in [-0.4, -0.2) is 20.7 Å². The minimum atomic E-state index is -0.862. The standard InChI is InChI=1S/C19H19NO3/c1-13-16(12-19(22)23)17-11-15(21)7-8-18(17)20(13)10-9-14-5-3-2-4-6-14/h2-8,11,21H,9-10,12H2,1H3,(H,22,23). The predicted octanol–water partition coefficient (Wildman–Crippen LogP) is 3.53. The fourth-order valence-corrected chi connectivity index (χ4v) is 3.09. The quantitative estimate of drug-likeness (QED) is 0.758. The van der Waals surface area contributed by atoms with Gasteiger partial charge >= 0.3 is 5.97 Å². The van der Waals surface area contributed by atoms with Crippen LogP contribution in [0.4, 0.5) is 0 Å². The lowest BCUT2D eigenvalue weighted by atomic mass is 10.1. The van der Waals surface area contributed by atoms with Crippen LogP contribution in [0.3, 0.4) is 0 Å². The molecule has 0 saturated carbocycles. The van der Waals surface area contributed by atoms with Gasteiger partial charge in [-0.05, 0) is 42.7 Å². The molecule has 1 aromatic heterocycles. The molecule has 1 heterocycles. The monoisotopic (exact) mass is 309 g/mol. The lowest BCUT2D eigenvalue weighted by Crippen LogP contribution is -2.05. The minimum absolute atomic E-state index is 0.0376. The van der Waals surface area contributed by atoms with Crippen LogP contribution in [0.1, 0.15) is 16.8 Å². The molecule has 0 spiro atoms. The number of nitrogens with zero attached hydrogens (tertiary/aromatic N) is 1. The highest BCUT2D eigenvalue weighted by Gasteiger charge is 2.16. The average molecular weight is 309 g/mol. The van der Waals surface area contributed by atoms with E-state index in [0.29, 0.717) is 0 Å². The molecule has 0 fully saturated rings. The smallest absolute Gasteiger partial charge is 0.307 e. The first kappa shape index (κ1) is 15.2. The summed E-state index contributed by atoms with van der Waals surface area (Å²) in [5.74, 6) is -0.706. The van der Waals surface area contributed by atoms with E-state index in [1.165, 1.54) is 5.56 Å². The number of fused-ring (bicyclic) bond motifs is 1. The second kappa shape index (κ2) is 6.16. The number of aromatic hydroxyl groups is 1. The van der Waals surface area contributed by atoms with E-state index in [9.17, 15) is 9.90 Å². The van der Waals surface area contributed by atoms with Crippen LogP contribution in [0.2, 0.25) is 0 Å². The van der Waals surface area contributed by atoms with Crippen molar-refractivity contribution in [2.45, 2.75) is 26.3 Å². The van der Waals surface area contributed by atoms with Crippen LogP contribution in [0.25, 0.3) is 10.9 Å².